The first kappa shape index (κ1) is 22.4. The highest BCUT2D eigenvalue weighted by molar-refractivity contribution is 7.17. The number of hydrogen-bond donors (Lipinski definition) is 1. The molecule has 0 radical (unpaired) electrons. The van der Waals surface area contributed by atoms with E-state index >= 15 is 0 Å². The molecule has 34 heavy (non-hydrogen) atoms. The number of imidazole rings is 1. The Morgan fingerprint density at radius 2 is 2.12 bits per heavy atom. The summed E-state index contributed by atoms with van der Waals surface area (Å²) in [5.74, 6) is 0.764. The van der Waals surface area contributed by atoms with Crippen molar-refractivity contribution in [2.45, 2.75) is 25.3 Å². The van der Waals surface area contributed by atoms with Gasteiger partial charge in [-0.2, -0.15) is 0 Å². The number of carbonyl (C=O) groups is 2. The van der Waals surface area contributed by atoms with Crippen LogP contribution in [0.1, 0.15) is 35.0 Å². The van der Waals surface area contributed by atoms with Crippen molar-refractivity contribution in [2.75, 3.05) is 18.4 Å². The zero-order valence-electron chi connectivity index (χ0n) is 18.2. The van der Waals surface area contributed by atoms with Gasteiger partial charge < -0.3 is 13.9 Å². The number of thiophene rings is 1. The third-order valence-corrected chi connectivity index (χ3v) is 7.26. The minimum Gasteiger partial charge on any atom is -0.443 e. The molecule has 8 nitrogen and oxygen atoms in total. The Labute approximate surface area is 204 Å². The molecular formula is C24H22ClN5O3S. The first-order chi connectivity index (χ1) is 16.5. The number of fused-ring (bicyclic) bond motifs is 1. The van der Waals surface area contributed by atoms with Crippen LogP contribution in [-0.2, 0) is 4.79 Å². The van der Waals surface area contributed by atoms with Crippen molar-refractivity contribution >= 4 is 51.7 Å². The number of likely N-dealkylation sites (tertiary alicyclic amines) is 1. The standard InChI is InChI=1S/C24H22ClN5O3S/c1-2-22(31)29-10-3-4-16(9-11-29)30-18-6-5-15(25)12-17(18)27-24(30)28-23(32)21-8-7-20(34-21)19-13-26-14-33-19/h2,5-8,12-14,16H,1,3-4,9-11H2,(H,27,28,32)/t16-/m1/s1. The smallest absolute Gasteiger partial charge is 0.268 e. The quantitative estimate of drug-likeness (QED) is 0.374. The average Bonchev–Trinajstić information content (AvgIpc) is 3.55. The Bertz CT molecular complexity index is 1360. The number of nitrogens with zero attached hydrogens (tertiary/aromatic N) is 4. The molecule has 4 heterocycles. The number of oxazole rings is 1. The van der Waals surface area contributed by atoms with Crippen molar-refractivity contribution in [3.8, 4) is 10.6 Å². The number of nitrogens with one attached hydrogen (secondary N) is 1. The van der Waals surface area contributed by atoms with E-state index < -0.39 is 0 Å². The number of benzene rings is 1. The van der Waals surface area contributed by atoms with E-state index in [0.717, 1.165) is 29.7 Å². The van der Waals surface area contributed by atoms with Gasteiger partial charge in [-0.15, -0.1) is 11.3 Å². The van der Waals surface area contributed by atoms with Gasteiger partial charge in [0, 0.05) is 24.2 Å². The SMILES string of the molecule is C=CC(=O)N1CCC[C@@H](n2c(NC(=O)c3ccc(-c4cnco4)s3)nc3cc(Cl)ccc32)CC1. The van der Waals surface area contributed by atoms with E-state index in [-0.39, 0.29) is 17.9 Å². The average molecular weight is 496 g/mol. The third kappa shape index (κ3) is 4.36. The largest absolute Gasteiger partial charge is 0.443 e. The summed E-state index contributed by atoms with van der Waals surface area (Å²) in [5.41, 5.74) is 1.60. The highest BCUT2D eigenvalue weighted by Gasteiger charge is 2.25. The summed E-state index contributed by atoms with van der Waals surface area (Å²) in [7, 11) is 0. The van der Waals surface area contributed by atoms with Crippen LogP contribution in [0, 0.1) is 0 Å². The minimum absolute atomic E-state index is 0.0586. The lowest BCUT2D eigenvalue weighted by Gasteiger charge is -2.21. The fourth-order valence-corrected chi connectivity index (χ4v) is 5.33. The lowest BCUT2D eigenvalue weighted by Crippen LogP contribution is -2.30. The van der Waals surface area contributed by atoms with E-state index in [9.17, 15) is 9.59 Å². The lowest BCUT2D eigenvalue weighted by atomic mass is 10.1. The van der Waals surface area contributed by atoms with Crippen LogP contribution in [0.2, 0.25) is 5.02 Å². The zero-order chi connectivity index (χ0) is 23.7. The maximum atomic E-state index is 13.1. The second-order valence-electron chi connectivity index (χ2n) is 8.04. The summed E-state index contributed by atoms with van der Waals surface area (Å²) in [5, 5.41) is 3.57. The van der Waals surface area contributed by atoms with Crippen molar-refractivity contribution in [1.82, 2.24) is 19.4 Å². The normalized spacial score (nSPS) is 16.4. The van der Waals surface area contributed by atoms with E-state index in [1.165, 1.54) is 23.8 Å². The summed E-state index contributed by atoms with van der Waals surface area (Å²) in [6.07, 6.45) is 6.77. The molecule has 5 rings (SSSR count). The van der Waals surface area contributed by atoms with Crippen LogP contribution in [0.25, 0.3) is 21.7 Å². The molecule has 0 saturated carbocycles. The molecule has 174 valence electrons. The minimum atomic E-state index is -0.254. The lowest BCUT2D eigenvalue weighted by molar-refractivity contribution is -0.125. The molecule has 1 aliphatic rings. The second-order valence-corrected chi connectivity index (χ2v) is 9.56. The van der Waals surface area contributed by atoms with E-state index in [0.29, 0.717) is 40.2 Å². The Morgan fingerprint density at radius 1 is 1.24 bits per heavy atom. The van der Waals surface area contributed by atoms with E-state index in [1.807, 2.05) is 23.1 Å². The highest BCUT2D eigenvalue weighted by Crippen LogP contribution is 2.33. The number of anilines is 1. The second kappa shape index (κ2) is 9.44. The number of aromatic nitrogens is 3. The van der Waals surface area contributed by atoms with Gasteiger partial charge in [0.15, 0.2) is 12.2 Å². The van der Waals surface area contributed by atoms with E-state index in [1.54, 1.807) is 18.3 Å². The Balaban J connectivity index is 1.45. The number of carbonyl (C=O) groups excluding carboxylic acids is 2. The molecule has 1 N–H and O–H groups in total. The Kier molecular flexibility index (Phi) is 6.21. The van der Waals surface area contributed by atoms with Crippen molar-refractivity contribution in [3.05, 3.63) is 65.5 Å². The monoisotopic (exact) mass is 495 g/mol. The predicted molar refractivity (Wildman–Crippen MR) is 132 cm³/mol. The maximum Gasteiger partial charge on any atom is 0.268 e. The van der Waals surface area contributed by atoms with Gasteiger partial charge in [-0.05, 0) is 55.7 Å². The molecule has 0 bridgehead atoms. The van der Waals surface area contributed by atoms with Gasteiger partial charge in [-0.1, -0.05) is 18.2 Å². The van der Waals surface area contributed by atoms with Gasteiger partial charge in [0.05, 0.1) is 27.0 Å². The first-order valence-electron chi connectivity index (χ1n) is 10.9. The molecule has 2 amide bonds. The summed E-state index contributed by atoms with van der Waals surface area (Å²) < 4.78 is 7.40. The molecular weight excluding hydrogens is 474 g/mol. The van der Waals surface area contributed by atoms with Crippen molar-refractivity contribution < 1.29 is 14.0 Å². The molecule has 0 spiro atoms. The Morgan fingerprint density at radius 3 is 2.91 bits per heavy atom. The van der Waals surface area contributed by atoms with Crippen LogP contribution >= 0.6 is 22.9 Å². The van der Waals surface area contributed by atoms with Crippen molar-refractivity contribution in [2.24, 2.45) is 0 Å². The van der Waals surface area contributed by atoms with Crippen LogP contribution in [0.5, 0.6) is 0 Å². The summed E-state index contributed by atoms with van der Waals surface area (Å²) in [6, 6.07) is 9.19. The van der Waals surface area contributed by atoms with Crippen LogP contribution in [0.4, 0.5) is 5.95 Å². The van der Waals surface area contributed by atoms with Gasteiger partial charge in [0.25, 0.3) is 5.91 Å². The molecule has 0 unspecified atom stereocenters. The molecule has 1 aromatic carbocycles. The topological polar surface area (TPSA) is 93.3 Å². The summed E-state index contributed by atoms with van der Waals surface area (Å²) in [4.78, 5) is 37.1. The maximum absolute atomic E-state index is 13.1. The van der Waals surface area contributed by atoms with Crippen LogP contribution < -0.4 is 5.32 Å². The van der Waals surface area contributed by atoms with Crippen LogP contribution in [0.3, 0.4) is 0 Å². The number of hydrogen-bond acceptors (Lipinski definition) is 6. The number of halogens is 1. The van der Waals surface area contributed by atoms with E-state index in [4.69, 9.17) is 21.0 Å². The van der Waals surface area contributed by atoms with Crippen molar-refractivity contribution in [1.29, 1.82) is 0 Å². The fraction of sp³-hybridized carbons (Fsp3) is 0.250. The van der Waals surface area contributed by atoms with Gasteiger partial charge in [-0.25, -0.2) is 9.97 Å². The number of rotatable bonds is 5. The molecule has 4 aromatic rings. The van der Waals surface area contributed by atoms with Gasteiger partial charge in [0.1, 0.15) is 0 Å². The van der Waals surface area contributed by atoms with E-state index in [2.05, 4.69) is 21.4 Å². The fourth-order valence-electron chi connectivity index (χ4n) is 4.31. The summed E-state index contributed by atoms with van der Waals surface area (Å²) in [6.45, 7) is 4.90. The molecule has 10 heteroatoms. The highest BCUT2D eigenvalue weighted by atomic mass is 35.5. The van der Waals surface area contributed by atoms with Crippen molar-refractivity contribution in [3.63, 3.8) is 0 Å². The third-order valence-electron chi connectivity index (χ3n) is 5.93. The predicted octanol–water partition coefficient (Wildman–Crippen LogP) is 5.40. The molecule has 1 atom stereocenters. The van der Waals surface area contributed by atoms with Gasteiger partial charge in [-0.3, -0.25) is 14.9 Å². The van der Waals surface area contributed by atoms with Crippen LogP contribution in [-0.4, -0.2) is 44.3 Å². The molecule has 1 fully saturated rings. The molecule has 3 aromatic heterocycles. The zero-order valence-corrected chi connectivity index (χ0v) is 19.8. The molecule has 1 saturated heterocycles. The number of amides is 2. The molecule has 0 aliphatic carbocycles. The Hall–Kier alpha value is -3.43. The van der Waals surface area contributed by atoms with Gasteiger partial charge >= 0.3 is 0 Å². The van der Waals surface area contributed by atoms with Crippen LogP contribution in [0.15, 0.2) is 60.0 Å². The summed E-state index contributed by atoms with van der Waals surface area (Å²) >= 11 is 7.53. The molecule has 1 aliphatic heterocycles. The first-order valence-corrected chi connectivity index (χ1v) is 12.1. The van der Waals surface area contributed by atoms with Gasteiger partial charge in [0.2, 0.25) is 11.9 Å².